The van der Waals surface area contributed by atoms with E-state index in [1.165, 1.54) is 28.6 Å². The van der Waals surface area contributed by atoms with Crippen LogP contribution in [0.2, 0.25) is 0 Å². The molecule has 2 aromatic carbocycles. The number of aryl methyl sites for hydroxylation is 1. The highest BCUT2D eigenvalue weighted by atomic mass is 32.2. The van der Waals surface area contributed by atoms with E-state index in [-0.39, 0.29) is 18.1 Å². The number of benzene rings is 2. The van der Waals surface area contributed by atoms with Gasteiger partial charge in [-0.25, -0.2) is 9.36 Å². The third-order valence-corrected chi connectivity index (χ3v) is 6.06. The molecule has 0 atom stereocenters. The van der Waals surface area contributed by atoms with Crippen LogP contribution >= 0.6 is 11.8 Å². The highest BCUT2D eigenvalue weighted by Gasteiger charge is 2.17. The first-order chi connectivity index (χ1) is 16.8. The maximum atomic E-state index is 12.6. The van der Waals surface area contributed by atoms with Gasteiger partial charge in [0.15, 0.2) is 5.82 Å². The minimum atomic E-state index is -2.90. The molecule has 0 bridgehead atoms. The summed E-state index contributed by atoms with van der Waals surface area (Å²) in [5.41, 5.74) is 3.76. The van der Waals surface area contributed by atoms with E-state index in [4.69, 9.17) is 5.84 Å². The monoisotopic (exact) mass is 499 g/mol. The lowest BCUT2D eigenvalue weighted by molar-refractivity contribution is -0.115. The minimum Gasteiger partial charge on any atom is -0.435 e. The van der Waals surface area contributed by atoms with Gasteiger partial charge in [-0.2, -0.15) is 13.9 Å². The molecule has 9 nitrogen and oxygen atoms in total. The molecule has 1 amide bonds. The van der Waals surface area contributed by atoms with Gasteiger partial charge in [-0.3, -0.25) is 4.79 Å². The number of nitrogens with two attached hydrogens (primary N) is 1. The number of alkyl halides is 2. The van der Waals surface area contributed by atoms with Crippen LogP contribution in [0.5, 0.6) is 5.75 Å². The summed E-state index contributed by atoms with van der Waals surface area (Å²) < 4.78 is 32.1. The van der Waals surface area contributed by atoms with Crippen LogP contribution in [-0.2, 0) is 4.79 Å². The summed E-state index contributed by atoms with van der Waals surface area (Å²) in [7, 11) is 0. The van der Waals surface area contributed by atoms with Gasteiger partial charge in [-0.1, -0.05) is 30.0 Å². The van der Waals surface area contributed by atoms with E-state index >= 15 is 0 Å². The molecule has 35 heavy (non-hydrogen) atoms. The summed E-state index contributed by atoms with van der Waals surface area (Å²) in [5, 5.41) is 16.0. The fourth-order valence-corrected chi connectivity index (χ4v) is 4.23. The van der Waals surface area contributed by atoms with Gasteiger partial charge in [0.1, 0.15) is 5.75 Å². The van der Waals surface area contributed by atoms with Gasteiger partial charge in [0, 0.05) is 17.7 Å². The zero-order valence-electron chi connectivity index (χ0n) is 19.0. The Morgan fingerprint density at radius 1 is 1.11 bits per heavy atom. The first-order valence-electron chi connectivity index (χ1n) is 10.6. The Hall–Kier alpha value is -3.93. The Balaban J connectivity index is 1.34. The van der Waals surface area contributed by atoms with Gasteiger partial charge >= 0.3 is 6.61 Å². The molecule has 0 spiro atoms. The molecule has 0 fully saturated rings. The van der Waals surface area contributed by atoms with Crippen LogP contribution in [0.4, 0.5) is 14.5 Å². The maximum absolute atomic E-state index is 12.6. The molecule has 0 radical (unpaired) electrons. The fourth-order valence-electron chi connectivity index (χ4n) is 3.44. The smallest absolute Gasteiger partial charge is 0.387 e. The third kappa shape index (κ3) is 5.60. The number of carbonyl (C=O) groups excluding carboxylic acids is 1. The molecule has 2 aromatic heterocycles. The van der Waals surface area contributed by atoms with Crippen molar-refractivity contribution in [1.82, 2.24) is 24.7 Å². The lowest BCUT2D eigenvalue weighted by Gasteiger charge is -2.07. The van der Waals surface area contributed by atoms with Gasteiger partial charge < -0.3 is 15.9 Å². The Bertz CT molecular complexity index is 1310. The topological polar surface area (TPSA) is 113 Å². The molecule has 2 heterocycles. The van der Waals surface area contributed by atoms with Gasteiger partial charge in [0.25, 0.3) is 0 Å². The zero-order valence-corrected chi connectivity index (χ0v) is 19.8. The molecule has 4 aromatic rings. The number of anilines is 1. The van der Waals surface area contributed by atoms with E-state index in [1.807, 2.05) is 44.2 Å². The number of carbonyl (C=O) groups is 1. The summed E-state index contributed by atoms with van der Waals surface area (Å²) in [6.07, 6.45) is 0.224. The lowest BCUT2D eigenvalue weighted by Crippen LogP contribution is -2.15. The van der Waals surface area contributed by atoms with Gasteiger partial charge in [-0.15, -0.1) is 10.2 Å². The number of hydrogen-bond donors (Lipinski definition) is 2. The number of ether oxygens (including phenoxy) is 1. The molecule has 182 valence electrons. The van der Waals surface area contributed by atoms with Gasteiger partial charge in [0.2, 0.25) is 11.1 Å². The average molecular weight is 500 g/mol. The summed E-state index contributed by atoms with van der Waals surface area (Å²) in [4.78, 5) is 12.6. The zero-order chi connectivity index (χ0) is 24.9. The summed E-state index contributed by atoms with van der Waals surface area (Å²) in [6, 6.07) is 15.6. The molecular formula is C23H23F2N7O2S. The standard InChI is InChI=1S/C23H23F2N7O2S/c1-14-20(15(2)32(30-14)17-6-4-3-5-7-17)27-19(33)12-13-35-23-29-28-21(31(23)26)16-8-10-18(11-9-16)34-22(24)25/h3-11,22H,12-13,26H2,1-2H3,(H,27,33). The van der Waals surface area contributed by atoms with E-state index in [9.17, 15) is 13.6 Å². The first-order valence-corrected chi connectivity index (χ1v) is 11.6. The van der Waals surface area contributed by atoms with Crippen molar-refractivity contribution >= 4 is 23.4 Å². The van der Waals surface area contributed by atoms with Crippen molar-refractivity contribution in [3.8, 4) is 22.8 Å². The number of nitrogen functional groups attached to an aromatic ring is 1. The molecule has 4 rings (SSSR count). The second kappa shape index (κ2) is 10.6. The number of halogens is 2. The highest BCUT2D eigenvalue weighted by Crippen LogP contribution is 2.26. The fraction of sp³-hybridized carbons (Fsp3) is 0.217. The number of hydrogen-bond acceptors (Lipinski definition) is 7. The second-order valence-corrected chi connectivity index (χ2v) is 8.58. The molecule has 0 aliphatic rings. The van der Waals surface area contributed by atoms with E-state index in [2.05, 4.69) is 25.3 Å². The number of amides is 1. The van der Waals surface area contributed by atoms with Crippen molar-refractivity contribution in [2.24, 2.45) is 0 Å². The van der Waals surface area contributed by atoms with Crippen molar-refractivity contribution in [3.63, 3.8) is 0 Å². The van der Waals surface area contributed by atoms with Crippen molar-refractivity contribution in [3.05, 3.63) is 66.0 Å². The van der Waals surface area contributed by atoms with Crippen LogP contribution in [0.15, 0.2) is 59.8 Å². The molecular weight excluding hydrogens is 476 g/mol. The molecule has 3 N–H and O–H groups in total. The van der Waals surface area contributed by atoms with Crippen LogP contribution in [0.3, 0.4) is 0 Å². The molecule has 0 aliphatic heterocycles. The van der Waals surface area contributed by atoms with Gasteiger partial charge in [0.05, 0.1) is 22.8 Å². The Morgan fingerprint density at radius 3 is 2.51 bits per heavy atom. The largest absolute Gasteiger partial charge is 0.435 e. The van der Waals surface area contributed by atoms with E-state index in [0.717, 1.165) is 17.1 Å². The number of nitrogens with zero attached hydrogens (tertiary/aromatic N) is 5. The Labute approximate surface area is 204 Å². The first kappa shape index (κ1) is 24.2. The molecule has 12 heteroatoms. The quantitative estimate of drug-likeness (QED) is 0.262. The van der Waals surface area contributed by atoms with E-state index in [0.29, 0.717) is 28.0 Å². The predicted octanol–water partition coefficient (Wildman–Crippen LogP) is 4.18. The normalized spacial score (nSPS) is 11.1. The Morgan fingerprint density at radius 2 is 1.83 bits per heavy atom. The third-order valence-electron chi connectivity index (χ3n) is 5.12. The number of rotatable bonds is 9. The predicted molar refractivity (Wildman–Crippen MR) is 129 cm³/mol. The van der Waals surface area contributed by atoms with Crippen molar-refractivity contribution in [1.29, 1.82) is 0 Å². The summed E-state index contributed by atoms with van der Waals surface area (Å²) >= 11 is 1.28. The summed E-state index contributed by atoms with van der Waals surface area (Å²) in [5.74, 6) is 6.76. The number of aromatic nitrogens is 5. The lowest BCUT2D eigenvalue weighted by atomic mass is 10.2. The van der Waals surface area contributed by atoms with Crippen LogP contribution in [-0.4, -0.2) is 42.9 Å². The summed E-state index contributed by atoms with van der Waals surface area (Å²) in [6.45, 7) is 0.857. The maximum Gasteiger partial charge on any atom is 0.387 e. The molecule has 0 aliphatic carbocycles. The van der Waals surface area contributed by atoms with Crippen molar-refractivity contribution < 1.29 is 18.3 Å². The van der Waals surface area contributed by atoms with E-state index in [1.54, 1.807) is 16.8 Å². The number of thioether (sulfide) groups is 1. The number of nitrogens with one attached hydrogen (secondary N) is 1. The van der Waals surface area contributed by atoms with Crippen LogP contribution in [0.25, 0.3) is 17.1 Å². The molecule has 0 saturated heterocycles. The van der Waals surface area contributed by atoms with Crippen molar-refractivity contribution in [2.75, 3.05) is 16.9 Å². The molecule has 0 saturated carbocycles. The van der Waals surface area contributed by atoms with Crippen LogP contribution < -0.4 is 15.9 Å². The van der Waals surface area contributed by atoms with Crippen LogP contribution in [0, 0.1) is 13.8 Å². The molecule has 0 unspecified atom stereocenters. The van der Waals surface area contributed by atoms with Crippen LogP contribution in [0.1, 0.15) is 17.8 Å². The number of para-hydroxylation sites is 1. The van der Waals surface area contributed by atoms with Crippen molar-refractivity contribution in [2.45, 2.75) is 32.0 Å². The average Bonchev–Trinajstić information content (AvgIpc) is 3.34. The Kier molecular flexibility index (Phi) is 7.30. The second-order valence-electron chi connectivity index (χ2n) is 7.52. The SMILES string of the molecule is Cc1nn(-c2ccccc2)c(C)c1NC(=O)CCSc1nnc(-c2ccc(OC(F)F)cc2)n1N. The van der Waals surface area contributed by atoms with Gasteiger partial charge in [-0.05, 0) is 50.2 Å². The minimum absolute atomic E-state index is 0.0345. The van der Waals surface area contributed by atoms with E-state index < -0.39 is 6.61 Å². The highest BCUT2D eigenvalue weighted by molar-refractivity contribution is 7.99.